The summed E-state index contributed by atoms with van der Waals surface area (Å²) in [6.45, 7) is 0.00857. The summed E-state index contributed by atoms with van der Waals surface area (Å²) in [5.41, 5.74) is 0.596. The van der Waals surface area contributed by atoms with Crippen LogP contribution < -0.4 is 9.47 Å². The predicted octanol–water partition coefficient (Wildman–Crippen LogP) is 1.57. The Kier molecular flexibility index (Phi) is 2.45. The summed E-state index contributed by atoms with van der Waals surface area (Å²) in [7, 11) is 0. The Bertz CT molecular complexity index is 403. The SMILES string of the molecule is O=C(O)CCc1cc(F)c2c(c1)OCO2. The van der Waals surface area contributed by atoms with Crippen molar-refractivity contribution in [2.45, 2.75) is 12.8 Å². The third-order valence-corrected chi connectivity index (χ3v) is 2.11. The van der Waals surface area contributed by atoms with Crippen LogP contribution in [0.2, 0.25) is 0 Å². The number of aryl methyl sites for hydroxylation is 1. The zero-order valence-electron chi connectivity index (χ0n) is 7.83. The summed E-state index contributed by atoms with van der Waals surface area (Å²) >= 11 is 0. The number of carboxylic acid groups (broad SMARTS) is 1. The number of carboxylic acids is 1. The molecule has 0 fully saturated rings. The minimum Gasteiger partial charge on any atom is -0.481 e. The minimum atomic E-state index is -0.909. The van der Waals surface area contributed by atoms with Gasteiger partial charge >= 0.3 is 5.97 Å². The van der Waals surface area contributed by atoms with Gasteiger partial charge in [0.25, 0.3) is 0 Å². The molecule has 0 amide bonds. The van der Waals surface area contributed by atoms with Crippen molar-refractivity contribution in [3.8, 4) is 11.5 Å². The second-order valence-corrected chi connectivity index (χ2v) is 3.21. The molecule has 1 aromatic carbocycles. The lowest BCUT2D eigenvalue weighted by Gasteiger charge is -2.02. The molecule has 1 N–H and O–H groups in total. The first-order valence-electron chi connectivity index (χ1n) is 4.46. The zero-order valence-corrected chi connectivity index (χ0v) is 7.83. The van der Waals surface area contributed by atoms with E-state index in [-0.39, 0.29) is 25.4 Å². The van der Waals surface area contributed by atoms with Crippen LogP contribution in [0.4, 0.5) is 4.39 Å². The maximum atomic E-state index is 13.3. The van der Waals surface area contributed by atoms with Crippen LogP contribution in [-0.2, 0) is 11.2 Å². The van der Waals surface area contributed by atoms with Crippen LogP contribution in [0, 0.1) is 5.82 Å². The molecule has 0 saturated carbocycles. The van der Waals surface area contributed by atoms with Crippen LogP contribution >= 0.6 is 0 Å². The highest BCUT2D eigenvalue weighted by Gasteiger charge is 2.19. The fraction of sp³-hybridized carbons (Fsp3) is 0.300. The minimum absolute atomic E-state index is 0.00857. The van der Waals surface area contributed by atoms with Crippen LogP contribution in [0.25, 0.3) is 0 Å². The number of carbonyl (C=O) groups is 1. The van der Waals surface area contributed by atoms with Gasteiger partial charge in [-0.15, -0.1) is 0 Å². The number of halogens is 1. The zero-order chi connectivity index (χ0) is 10.8. The largest absolute Gasteiger partial charge is 0.481 e. The Hall–Kier alpha value is -1.78. The highest BCUT2D eigenvalue weighted by Crippen LogP contribution is 2.35. The molecule has 0 spiro atoms. The van der Waals surface area contributed by atoms with Crippen molar-refractivity contribution in [3.05, 3.63) is 23.5 Å². The van der Waals surface area contributed by atoms with E-state index in [0.717, 1.165) is 0 Å². The molecule has 0 bridgehead atoms. The molecule has 0 atom stereocenters. The summed E-state index contributed by atoms with van der Waals surface area (Å²) in [4.78, 5) is 10.3. The number of benzene rings is 1. The van der Waals surface area contributed by atoms with Crippen molar-refractivity contribution in [3.63, 3.8) is 0 Å². The van der Waals surface area contributed by atoms with E-state index >= 15 is 0 Å². The molecule has 0 aromatic heterocycles. The average molecular weight is 212 g/mol. The van der Waals surface area contributed by atoms with Crippen molar-refractivity contribution in [1.82, 2.24) is 0 Å². The Balaban J connectivity index is 2.20. The van der Waals surface area contributed by atoms with Crippen LogP contribution in [0.15, 0.2) is 12.1 Å². The maximum absolute atomic E-state index is 13.3. The van der Waals surface area contributed by atoms with Gasteiger partial charge in [-0.05, 0) is 24.1 Å². The van der Waals surface area contributed by atoms with E-state index in [1.807, 2.05) is 0 Å². The number of aliphatic carboxylic acids is 1. The van der Waals surface area contributed by atoms with E-state index in [9.17, 15) is 9.18 Å². The fourth-order valence-electron chi connectivity index (χ4n) is 1.42. The standard InChI is InChI=1S/C10H9FO4/c11-7-3-6(1-2-9(12)13)4-8-10(7)15-5-14-8/h3-4H,1-2,5H2,(H,12,13). The molecule has 1 aliphatic heterocycles. The first kappa shape index (κ1) is 9.76. The molecule has 0 radical (unpaired) electrons. The van der Waals surface area contributed by atoms with Crippen molar-refractivity contribution < 1.29 is 23.8 Å². The third kappa shape index (κ3) is 2.01. The predicted molar refractivity (Wildman–Crippen MR) is 48.5 cm³/mol. The van der Waals surface area contributed by atoms with Gasteiger partial charge in [0, 0.05) is 6.42 Å². The lowest BCUT2D eigenvalue weighted by Crippen LogP contribution is -1.98. The van der Waals surface area contributed by atoms with Gasteiger partial charge in [-0.1, -0.05) is 0 Å². The van der Waals surface area contributed by atoms with E-state index < -0.39 is 11.8 Å². The number of fused-ring (bicyclic) bond motifs is 1. The van der Waals surface area contributed by atoms with E-state index in [1.54, 1.807) is 6.07 Å². The van der Waals surface area contributed by atoms with E-state index in [1.165, 1.54) is 6.07 Å². The van der Waals surface area contributed by atoms with Gasteiger partial charge in [0.15, 0.2) is 11.6 Å². The molecular weight excluding hydrogens is 203 g/mol. The molecule has 5 heteroatoms. The van der Waals surface area contributed by atoms with Crippen molar-refractivity contribution in [2.24, 2.45) is 0 Å². The van der Waals surface area contributed by atoms with Crippen LogP contribution in [0.1, 0.15) is 12.0 Å². The van der Waals surface area contributed by atoms with Gasteiger partial charge in [0.05, 0.1) is 0 Å². The van der Waals surface area contributed by atoms with Crippen LogP contribution in [0.3, 0.4) is 0 Å². The lowest BCUT2D eigenvalue weighted by atomic mass is 10.1. The lowest BCUT2D eigenvalue weighted by molar-refractivity contribution is -0.136. The number of rotatable bonds is 3. The number of hydrogen-bond donors (Lipinski definition) is 1. The highest BCUT2D eigenvalue weighted by molar-refractivity contribution is 5.67. The number of ether oxygens (including phenoxy) is 2. The molecule has 1 aliphatic rings. The third-order valence-electron chi connectivity index (χ3n) is 2.11. The van der Waals surface area contributed by atoms with E-state index in [4.69, 9.17) is 14.6 Å². The molecule has 0 saturated heterocycles. The molecule has 0 aliphatic carbocycles. The number of hydrogen-bond acceptors (Lipinski definition) is 3. The summed E-state index contributed by atoms with van der Waals surface area (Å²) < 4.78 is 23.2. The molecule has 1 aromatic rings. The van der Waals surface area contributed by atoms with Gasteiger partial charge < -0.3 is 14.6 Å². The first-order valence-corrected chi connectivity index (χ1v) is 4.46. The second-order valence-electron chi connectivity index (χ2n) is 3.21. The quantitative estimate of drug-likeness (QED) is 0.826. The van der Waals surface area contributed by atoms with Gasteiger partial charge in [-0.3, -0.25) is 4.79 Å². The smallest absolute Gasteiger partial charge is 0.303 e. The topological polar surface area (TPSA) is 55.8 Å². The average Bonchev–Trinajstić information content (AvgIpc) is 2.63. The normalized spacial score (nSPS) is 12.9. The monoisotopic (exact) mass is 212 g/mol. The van der Waals surface area contributed by atoms with Gasteiger partial charge in [-0.2, -0.15) is 0 Å². The molecule has 2 rings (SSSR count). The molecule has 15 heavy (non-hydrogen) atoms. The summed E-state index contributed by atoms with van der Waals surface area (Å²) in [6.07, 6.45) is 0.252. The van der Waals surface area contributed by atoms with Crippen molar-refractivity contribution >= 4 is 5.97 Å². The van der Waals surface area contributed by atoms with Crippen LogP contribution in [0.5, 0.6) is 11.5 Å². The molecule has 1 heterocycles. The van der Waals surface area contributed by atoms with Gasteiger partial charge in [-0.25, -0.2) is 4.39 Å². The molecule has 80 valence electrons. The summed E-state index contributed by atoms with van der Waals surface area (Å²) in [5, 5.41) is 8.49. The van der Waals surface area contributed by atoms with Crippen molar-refractivity contribution in [1.29, 1.82) is 0 Å². The van der Waals surface area contributed by atoms with Crippen LogP contribution in [-0.4, -0.2) is 17.9 Å². The van der Waals surface area contributed by atoms with Gasteiger partial charge in [0.2, 0.25) is 12.5 Å². The molecule has 4 nitrogen and oxygen atoms in total. The van der Waals surface area contributed by atoms with E-state index in [0.29, 0.717) is 11.3 Å². The fourth-order valence-corrected chi connectivity index (χ4v) is 1.42. The highest BCUT2D eigenvalue weighted by atomic mass is 19.1. The Morgan fingerprint density at radius 1 is 1.47 bits per heavy atom. The van der Waals surface area contributed by atoms with Gasteiger partial charge in [0.1, 0.15) is 0 Å². The summed E-state index contributed by atoms with van der Waals surface area (Å²) in [6, 6.07) is 2.88. The second kappa shape index (κ2) is 3.76. The Labute approximate surface area is 85.2 Å². The first-order chi connectivity index (χ1) is 7.16. The van der Waals surface area contributed by atoms with E-state index in [2.05, 4.69) is 0 Å². The molecule has 0 unspecified atom stereocenters. The molecular formula is C10H9FO4. The Morgan fingerprint density at radius 2 is 2.27 bits per heavy atom. The maximum Gasteiger partial charge on any atom is 0.303 e. The Morgan fingerprint density at radius 3 is 3.00 bits per heavy atom. The van der Waals surface area contributed by atoms with Crippen molar-refractivity contribution in [2.75, 3.05) is 6.79 Å². The summed E-state index contributed by atoms with van der Waals surface area (Å²) in [5.74, 6) is -0.970.